The molecule has 0 spiro atoms. The fourth-order valence-electron chi connectivity index (χ4n) is 6.35. The Labute approximate surface area is 281 Å². The Bertz CT molecular complexity index is 1870. The first-order chi connectivity index (χ1) is 23.0. The van der Waals surface area contributed by atoms with Gasteiger partial charge in [-0.05, 0) is 94.1 Å². The maximum atomic E-state index is 4.79. The summed E-state index contributed by atoms with van der Waals surface area (Å²) in [4.78, 5) is 11.5. The van der Waals surface area contributed by atoms with Crippen molar-refractivity contribution in [3.63, 3.8) is 0 Å². The molecule has 1 aliphatic carbocycles. The van der Waals surface area contributed by atoms with E-state index in [0.717, 1.165) is 49.1 Å². The first kappa shape index (κ1) is 33.3. The Morgan fingerprint density at radius 2 is 1.85 bits per heavy atom. The Morgan fingerprint density at radius 1 is 1.02 bits per heavy atom. The number of allylic oxidation sites excluding steroid dienone is 9. The summed E-state index contributed by atoms with van der Waals surface area (Å²) in [5.41, 5.74) is 11.0. The van der Waals surface area contributed by atoms with Gasteiger partial charge in [-0.1, -0.05) is 111 Å². The molecule has 0 amide bonds. The smallest absolute Gasteiger partial charge is 0.0455 e. The molecule has 0 fully saturated rings. The number of hydrogen-bond acceptors (Lipinski definition) is 3. The zero-order valence-electron chi connectivity index (χ0n) is 28.4. The van der Waals surface area contributed by atoms with Gasteiger partial charge in [-0.3, -0.25) is 9.98 Å². The third-order valence-electron chi connectivity index (χ3n) is 8.81. The van der Waals surface area contributed by atoms with Crippen LogP contribution in [0.4, 0.5) is 0 Å². The number of aliphatic imine (C=N–C) groups is 1. The largest absolute Gasteiger partial charge is 0.374 e. The molecule has 0 bridgehead atoms. The van der Waals surface area contributed by atoms with Crippen LogP contribution in [-0.4, -0.2) is 36.2 Å². The Kier molecular flexibility index (Phi) is 11.7. The van der Waals surface area contributed by atoms with Crippen molar-refractivity contribution in [1.29, 1.82) is 0 Å². The predicted molar refractivity (Wildman–Crippen MR) is 205 cm³/mol. The molecule has 0 aliphatic heterocycles. The third kappa shape index (κ3) is 8.23. The molecule has 5 rings (SSSR count). The van der Waals surface area contributed by atoms with Crippen molar-refractivity contribution in [1.82, 2.24) is 9.88 Å². The first-order valence-electron chi connectivity index (χ1n) is 16.8. The quantitative estimate of drug-likeness (QED) is 0.110. The molecule has 0 N–H and O–H groups in total. The molecule has 0 saturated carbocycles. The SMILES string of the molecule is C=CC/C=C(\C/C=C\C(C)C(/C=C(/c1cccc(-c2cccnc2)c1)N(C)CCC)=N/C)c1cc2c(c3ccccc13)CC=CC=C2. The van der Waals surface area contributed by atoms with Crippen molar-refractivity contribution in [3.8, 4) is 11.1 Å². The van der Waals surface area contributed by atoms with E-state index < -0.39 is 0 Å². The second kappa shape index (κ2) is 16.5. The molecule has 3 heteroatoms. The summed E-state index contributed by atoms with van der Waals surface area (Å²) in [6, 6.07) is 24.0. The molecule has 0 radical (unpaired) electrons. The van der Waals surface area contributed by atoms with Gasteiger partial charge in [-0.2, -0.15) is 0 Å². The Morgan fingerprint density at radius 3 is 2.62 bits per heavy atom. The van der Waals surface area contributed by atoms with Crippen molar-refractivity contribution < 1.29 is 0 Å². The van der Waals surface area contributed by atoms with Gasteiger partial charge in [0.15, 0.2) is 0 Å². The van der Waals surface area contributed by atoms with Crippen LogP contribution in [0.5, 0.6) is 0 Å². The summed E-state index contributed by atoms with van der Waals surface area (Å²) in [6.07, 6.45) is 27.4. The van der Waals surface area contributed by atoms with Gasteiger partial charge < -0.3 is 4.90 Å². The van der Waals surface area contributed by atoms with E-state index in [2.05, 4.69) is 147 Å². The van der Waals surface area contributed by atoms with E-state index in [1.54, 1.807) is 0 Å². The Hall–Kier alpha value is -5.02. The maximum absolute atomic E-state index is 4.79. The van der Waals surface area contributed by atoms with E-state index in [1.807, 2.05) is 31.6 Å². The van der Waals surface area contributed by atoms with Gasteiger partial charge in [0.05, 0.1) is 0 Å². The van der Waals surface area contributed by atoms with E-state index in [9.17, 15) is 0 Å². The predicted octanol–water partition coefficient (Wildman–Crippen LogP) is 11.0. The van der Waals surface area contributed by atoms with Crippen LogP contribution in [0.3, 0.4) is 0 Å². The van der Waals surface area contributed by atoms with Crippen molar-refractivity contribution in [2.24, 2.45) is 10.9 Å². The molecule has 1 aliphatic rings. The zero-order chi connectivity index (χ0) is 33.0. The topological polar surface area (TPSA) is 28.5 Å². The minimum absolute atomic E-state index is 0.144. The van der Waals surface area contributed by atoms with Crippen LogP contribution in [0.25, 0.3) is 39.2 Å². The van der Waals surface area contributed by atoms with Gasteiger partial charge in [0.2, 0.25) is 0 Å². The van der Waals surface area contributed by atoms with E-state index in [1.165, 1.54) is 44.3 Å². The number of aromatic nitrogens is 1. The summed E-state index contributed by atoms with van der Waals surface area (Å²) < 4.78 is 0. The lowest BCUT2D eigenvalue weighted by Crippen LogP contribution is -2.20. The number of rotatable bonds is 13. The molecule has 4 aromatic rings. The molecular weight excluding hydrogens is 571 g/mol. The second-order valence-corrected chi connectivity index (χ2v) is 12.1. The normalized spacial score (nSPS) is 14.3. The second-order valence-electron chi connectivity index (χ2n) is 12.1. The summed E-state index contributed by atoms with van der Waals surface area (Å²) in [5, 5.41) is 2.64. The lowest BCUT2D eigenvalue weighted by atomic mass is 9.88. The lowest BCUT2D eigenvalue weighted by Gasteiger charge is -2.24. The highest BCUT2D eigenvalue weighted by Crippen LogP contribution is 2.35. The molecule has 1 unspecified atom stereocenters. The zero-order valence-corrected chi connectivity index (χ0v) is 28.4. The molecule has 3 aromatic carbocycles. The first-order valence-corrected chi connectivity index (χ1v) is 16.8. The standard InChI is InChI=1S/C44H47N3/c1-6-8-18-34(42-30-36-19-10-9-11-24-39(36)40-25-12-13-26-41(40)42)20-14-17-33(3)43(45-4)31-44(47(5)28-7-2)37-22-15-21-35(29-37)38-23-16-27-46-32-38/h6,9-19,21-23,25-27,29-33H,1,7-8,20,24,28H2,2-5H3/b17-14-,34-18+,44-31-,45-43+. The molecule has 47 heavy (non-hydrogen) atoms. The van der Waals surface area contributed by atoms with E-state index in [-0.39, 0.29) is 5.92 Å². The molecule has 238 valence electrons. The molecule has 1 atom stereocenters. The van der Waals surface area contributed by atoms with E-state index in [0.29, 0.717) is 0 Å². The van der Waals surface area contributed by atoms with Gasteiger partial charge in [0.1, 0.15) is 0 Å². The van der Waals surface area contributed by atoms with Gasteiger partial charge >= 0.3 is 0 Å². The number of hydrogen-bond donors (Lipinski definition) is 0. The minimum atomic E-state index is 0.144. The number of benzene rings is 3. The van der Waals surface area contributed by atoms with Gasteiger partial charge in [0, 0.05) is 55.9 Å². The summed E-state index contributed by atoms with van der Waals surface area (Å²) in [5.74, 6) is 0.144. The highest BCUT2D eigenvalue weighted by atomic mass is 15.1. The summed E-state index contributed by atoms with van der Waals surface area (Å²) in [6.45, 7) is 9.42. The molecule has 1 heterocycles. The van der Waals surface area contributed by atoms with Crippen LogP contribution in [0, 0.1) is 5.92 Å². The van der Waals surface area contributed by atoms with E-state index >= 15 is 0 Å². The highest BCUT2D eigenvalue weighted by molar-refractivity contribution is 6.03. The Balaban J connectivity index is 1.44. The van der Waals surface area contributed by atoms with Crippen molar-refractivity contribution in [3.05, 3.63) is 157 Å². The van der Waals surface area contributed by atoms with Crippen LogP contribution in [0.1, 0.15) is 55.4 Å². The number of nitrogens with zero attached hydrogens (tertiary/aromatic N) is 3. The average Bonchev–Trinajstić information content (AvgIpc) is 3.36. The van der Waals surface area contributed by atoms with Crippen LogP contribution in [-0.2, 0) is 6.42 Å². The van der Waals surface area contributed by atoms with Crippen LogP contribution < -0.4 is 0 Å². The van der Waals surface area contributed by atoms with Gasteiger partial charge in [0.25, 0.3) is 0 Å². The van der Waals surface area contributed by atoms with E-state index in [4.69, 9.17) is 4.99 Å². The van der Waals surface area contributed by atoms with Crippen LogP contribution >= 0.6 is 0 Å². The van der Waals surface area contributed by atoms with Crippen molar-refractivity contribution >= 4 is 33.8 Å². The van der Waals surface area contributed by atoms with Crippen LogP contribution in [0.2, 0.25) is 0 Å². The molecule has 3 nitrogen and oxygen atoms in total. The summed E-state index contributed by atoms with van der Waals surface area (Å²) in [7, 11) is 4.08. The maximum Gasteiger partial charge on any atom is 0.0455 e. The fraction of sp³-hybridized carbons (Fsp3) is 0.227. The molecular formula is C44H47N3. The monoisotopic (exact) mass is 617 g/mol. The molecule has 1 aromatic heterocycles. The van der Waals surface area contributed by atoms with Gasteiger partial charge in [-0.25, -0.2) is 0 Å². The lowest BCUT2D eigenvalue weighted by molar-refractivity contribution is 0.477. The van der Waals surface area contributed by atoms with Crippen molar-refractivity contribution in [2.75, 3.05) is 20.6 Å². The minimum Gasteiger partial charge on any atom is -0.374 e. The number of pyridine rings is 1. The fourth-order valence-corrected chi connectivity index (χ4v) is 6.35. The molecule has 0 saturated heterocycles. The highest BCUT2D eigenvalue weighted by Gasteiger charge is 2.15. The third-order valence-corrected chi connectivity index (χ3v) is 8.81. The van der Waals surface area contributed by atoms with Gasteiger partial charge in [-0.15, -0.1) is 6.58 Å². The van der Waals surface area contributed by atoms with Crippen LogP contribution in [0.15, 0.2) is 139 Å². The average molecular weight is 618 g/mol. The summed E-state index contributed by atoms with van der Waals surface area (Å²) >= 11 is 0. The van der Waals surface area contributed by atoms with Crippen molar-refractivity contribution in [2.45, 2.75) is 39.5 Å². The number of fused-ring (bicyclic) bond motifs is 3.